The van der Waals surface area contributed by atoms with Crippen LogP contribution in [-0.2, 0) is 47.9 Å². The van der Waals surface area contributed by atoms with E-state index in [9.17, 15) is 47.9 Å². The van der Waals surface area contributed by atoms with Crippen molar-refractivity contribution in [1.82, 2.24) is 62.6 Å². The lowest BCUT2D eigenvalue weighted by atomic mass is 9.96. The van der Waals surface area contributed by atoms with Crippen LogP contribution in [0.3, 0.4) is 0 Å². The first-order chi connectivity index (χ1) is 38.8. The minimum Gasteiger partial charge on any atom is -0.355 e. The monoisotopic (exact) mass is 1170 g/mol. The molecular formula is C61H112N12O10. The Labute approximate surface area is 497 Å². The number of hydrogen-bond donors (Lipinski definition) is 9. The smallest absolute Gasteiger partial charge is 0.246 e. The van der Waals surface area contributed by atoms with Crippen molar-refractivity contribution < 1.29 is 47.9 Å². The van der Waals surface area contributed by atoms with E-state index < -0.39 is 94.1 Å². The summed E-state index contributed by atoms with van der Waals surface area (Å²) in [5, 5.41) is 25.3. The molecule has 9 N–H and O–H groups in total. The average Bonchev–Trinajstić information content (AvgIpc) is 4.04. The van der Waals surface area contributed by atoms with E-state index in [1.54, 1.807) is 4.90 Å². The molecule has 22 nitrogen and oxygen atoms in total. The number of likely N-dealkylation sites (tertiary alicyclic amines) is 1. The van der Waals surface area contributed by atoms with Crippen molar-refractivity contribution in [3.63, 3.8) is 0 Å². The number of amides is 10. The summed E-state index contributed by atoms with van der Waals surface area (Å²) in [6, 6.07) is -5.08. The first kappa shape index (κ1) is 73.7. The molecule has 0 saturated carbocycles. The lowest BCUT2D eigenvalue weighted by Crippen LogP contribution is -2.65. The van der Waals surface area contributed by atoms with E-state index in [2.05, 4.69) is 78.5 Å². The molecule has 2 aliphatic rings. The lowest BCUT2D eigenvalue weighted by Gasteiger charge is -2.34. The van der Waals surface area contributed by atoms with E-state index in [4.69, 9.17) is 0 Å². The molecule has 0 bridgehead atoms. The first-order valence-corrected chi connectivity index (χ1v) is 31.3. The fraction of sp³-hybridized carbons (Fsp3) is 0.836. The van der Waals surface area contributed by atoms with Gasteiger partial charge in [0.25, 0.3) is 0 Å². The van der Waals surface area contributed by atoms with Crippen LogP contribution in [-0.4, -0.2) is 180 Å². The fourth-order valence-electron chi connectivity index (χ4n) is 10.1. The first-order valence-electron chi connectivity index (χ1n) is 31.3. The molecule has 2 fully saturated rings. The van der Waals surface area contributed by atoms with Crippen LogP contribution < -0.4 is 47.9 Å². The fourth-order valence-corrected chi connectivity index (χ4v) is 10.1. The number of nitrogens with zero attached hydrogens (tertiary/aromatic N) is 3. The quantitative estimate of drug-likeness (QED) is 0.0398. The third-order valence-corrected chi connectivity index (χ3v) is 15.3. The van der Waals surface area contributed by atoms with Gasteiger partial charge in [0.2, 0.25) is 59.1 Å². The highest BCUT2D eigenvalue weighted by atomic mass is 16.2. The molecule has 83 heavy (non-hydrogen) atoms. The molecule has 0 aromatic heterocycles. The van der Waals surface area contributed by atoms with Crippen LogP contribution in [0.2, 0.25) is 0 Å². The van der Waals surface area contributed by atoms with Crippen molar-refractivity contribution in [2.24, 2.45) is 17.8 Å². The number of rotatable bonds is 38. The Kier molecular flexibility index (Phi) is 32.4. The molecule has 476 valence electrons. The molecule has 0 aliphatic carbocycles. The molecule has 0 aromatic rings. The second-order valence-electron chi connectivity index (χ2n) is 26.2. The van der Waals surface area contributed by atoms with E-state index >= 15 is 0 Å². The van der Waals surface area contributed by atoms with E-state index in [1.165, 1.54) is 41.5 Å². The highest BCUT2D eigenvalue weighted by Gasteiger charge is 2.41. The number of carbonyl (C=O) groups is 10. The van der Waals surface area contributed by atoms with Crippen LogP contribution in [0.15, 0.2) is 0 Å². The maximum atomic E-state index is 14.3. The van der Waals surface area contributed by atoms with E-state index in [0.29, 0.717) is 45.2 Å². The van der Waals surface area contributed by atoms with Gasteiger partial charge in [-0.25, -0.2) is 0 Å². The van der Waals surface area contributed by atoms with Gasteiger partial charge in [-0.2, -0.15) is 0 Å². The maximum absolute atomic E-state index is 14.3. The number of carbonyl (C=O) groups excluding carboxylic acids is 10. The minimum atomic E-state index is -1.62. The summed E-state index contributed by atoms with van der Waals surface area (Å²) >= 11 is 0. The Morgan fingerprint density at radius 3 is 1.51 bits per heavy atom. The predicted octanol–water partition coefficient (Wildman–Crippen LogP) is 3.94. The summed E-state index contributed by atoms with van der Waals surface area (Å²) in [7, 11) is 2.08. The topological polar surface area (TPSA) is 289 Å². The molecule has 2 rings (SSSR count). The molecule has 0 spiro atoms. The molecular weight excluding hydrogens is 1060 g/mol. The van der Waals surface area contributed by atoms with Gasteiger partial charge in [0.15, 0.2) is 0 Å². The molecule has 10 amide bonds. The molecule has 0 aromatic carbocycles. The zero-order valence-corrected chi connectivity index (χ0v) is 53.7. The minimum absolute atomic E-state index is 0.0480. The Bertz CT molecular complexity index is 2110. The SMILES string of the molecule is CCCCCCCCC(NC(=O)[C@@H]1CCCN1C(=O)CCCCC)C(=O)NC(CC(C)C)C(=O)NC(C)(C)C(=O)NC(CC(C)C)C(=O)NC(CC(C)C)C(=O)NC(C)(C)C(=O)NC(C)(C)C(=O)NCCC(=O)NCCN1CCN(C)CC1. The second kappa shape index (κ2) is 36.5. The van der Waals surface area contributed by atoms with E-state index in [0.717, 1.165) is 84.1 Å². The number of unbranched alkanes of at least 4 members (excludes halogenated alkanes) is 7. The molecule has 2 heterocycles. The van der Waals surface area contributed by atoms with Gasteiger partial charge in [0.1, 0.15) is 46.8 Å². The summed E-state index contributed by atoms with van der Waals surface area (Å²) in [5.41, 5.74) is -4.64. The molecule has 5 atom stereocenters. The Morgan fingerprint density at radius 1 is 0.482 bits per heavy atom. The summed E-state index contributed by atoms with van der Waals surface area (Å²) in [6.07, 6.45) is 10.8. The number of nitrogens with one attached hydrogen (secondary N) is 9. The van der Waals surface area contributed by atoms with Crippen LogP contribution in [0.25, 0.3) is 0 Å². The van der Waals surface area contributed by atoms with Gasteiger partial charge in [-0.05, 0) is 111 Å². The maximum Gasteiger partial charge on any atom is 0.246 e. The zero-order chi connectivity index (χ0) is 62.7. The van der Waals surface area contributed by atoms with Crippen molar-refractivity contribution in [2.75, 3.05) is 59.4 Å². The number of hydrogen-bond acceptors (Lipinski definition) is 12. The molecule has 4 unspecified atom stereocenters. The molecule has 2 saturated heterocycles. The predicted molar refractivity (Wildman–Crippen MR) is 324 cm³/mol. The normalized spacial score (nSPS) is 16.8. The van der Waals surface area contributed by atoms with Gasteiger partial charge in [-0.1, -0.05) is 107 Å². The summed E-state index contributed by atoms with van der Waals surface area (Å²) in [5.74, 6) is -5.39. The van der Waals surface area contributed by atoms with Gasteiger partial charge in [0, 0.05) is 65.2 Å². The van der Waals surface area contributed by atoms with Gasteiger partial charge in [0.05, 0.1) is 0 Å². The Morgan fingerprint density at radius 2 is 0.964 bits per heavy atom. The summed E-state index contributed by atoms with van der Waals surface area (Å²) in [4.78, 5) is 144. The third kappa shape index (κ3) is 27.5. The van der Waals surface area contributed by atoms with Crippen molar-refractivity contribution in [1.29, 1.82) is 0 Å². The third-order valence-electron chi connectivity index (χ3n) is 15.3. The highest BCUT2D eigenvalue weighted by molar-refractivity contribution is 6.00. The molecule has 22 heteroatoms. The summed E-state index contributed by atoms with van der Waals surface area (Å²) < 4.78 is 0. The molecule has 2 aliphatic heterocycles. The Balaban J connectivity index is 2.17. The Hall–Kier alpha value is -5.38. The van der Waals surface area contributed by atoms with Crippen molar-refractivity contribution in [3.05, 3.63) is 0 Å². The van der Waals surface area contributed by atoms with Gasteiger partial charge in [-0.3, -0.25) is 52.8 Å². The number of likely N-dealkylation sites (N-methyl/N-ethyl adjacent to an activating group) is 1. The summed E-state index contributed by atoms with van der Waals surface area (Å²) in [6.45, 7) is 30.0. The van der Waals surface area contributed by atoms with E-state index in [1.807, 2.05) is 41.5 Å². The van der Waals surface area contributed by atoms with Crippen molar-refractivity contribution >= 4 is 59.1 Å². The standard InChI is InChI=1S/C61H112N12O10/c1-16-18-20-21-22-24-26-44(64-55(80)48-27-25-32-73(48)50(75)28-23-19-17-2)51(76)65-46(39-42(5)6)53(78)68-60(11,12)57(82)67-45(38-41(3)4)52(77)66-47(40-43(7)8)54(79)69-61(13,14)58(83)70-59(9,10)56(81)63-30-29-49(74)62-31-33-72-36-34-71(15)35-37-72/h41-48H,16-40H2,1-15H3,(H,62,74)(H,63,81)(H,64,80)(H,65,76)(H,66,77)(H,67,82)(H,68,78)(H,69,79)(H,70,83)/t44?,45?,46?,47?,48-/m0/s1. The van der Waals surface area contributed by atoms with Crippen molar-refractivity contribution in [3.8, 4) is 0 Å². The van der Waals surface area contributed by atoms with Crippen molar-refractivity contribution in [2.45, 2.75) is 253 Å². The van der Waals surface area contributed by atoms with E-state index in [-0.39, 0.29) is 61.8 Å². The van der Waals surface area contributed by atoms with Crippen LogP contribution in [0, 0.1) is 17.8 Å². The molecule has 0 radical (unpaired) electrons. The average molecular weight is 1170 g/mol. The van der Waals surface area contributed by atoms with Gasteiger partial charge < -0.3 is 57.7 Å². The van der Waals surface area contributed by atoms with Crippen LogP contribution in [0.4, 0.5) is 0 Å². The largest absolute Gasteiger partial charge is 0.355 e. The van der Waals surface area contributed by atoms with Crippen LogP contribution >= 0.6 is 0 Å². The van der Waals surface area contributed by atoms with Gasteiger partial charge >= 0.3 is 0 Å². The van der Waals surface area contributed by atoms with Gasteiger partial charge in [-0.15, -0.1) is 0 Å². The highest BCUT2D eigenvalue weighted by Crippen LogP contribution is 2.21. The second-order valence-corrected chi connectivity index (χ2v) is 26.2. The zero-order valence-electron chi connectivity index (χ0n) is 53.7. The number of piperazine rings is 1. The lowest BCUT2D eigenvalue weighted by molar-refractivity contribution is -0.140. The van der Waals surface area contributed by atoms with Crippen LogP contribution in [0.1, 0.15) is 206 Å². The van der Waals surface area contributed by atoms with Crippen LogP contribution in [0.5, 0.6) is 0 Å².